The molecule has 0 heterocycles. The smallest absolute Gasteiger partial charge is 0.409 e. The summed E-state index contributed by atoms with van der Waals surface area (Å²) < 4.78 is 11.3. The summed E-state index contributed by atoms with van der Waals surface area (Å²) in [6.07, 6.45) is 15.4. The molecule has 0 aromatic carbocycles. The van der Waals surface area contributed by atoms with Gasteiger partial charge in [-0.15, -0.1) is 0 Å². The number of nitrogens with zero attached hydrogens (tertiary/aromatic N) is 1. The molecular formula is C31H57NO4. The van der Waals surface area contributed by atoms with Gasteiger partial charge in [0, 0.05) is 19.5 Å². The van der Waals surface area contributed by atoms with Crippen molar-refractivity contribution in [2.75, 3.05) is 26.8 Å². The van der Waals surface area contributed by atoms with Gasteiger partial charge in [-0.3, -0.25) is 4.79 Å². The second-order valence-corrected chi connectivity index (χ2v) is 12.5. The topological polar surface area (TPSA) is 55.8 Å². The van der Waals surface area contributed by atoms with E-state index in [0.29, 0.717) is 6.54 Å². The largest absolute Gasteiger partial charge is 0.465 e. The van der Waals surface area contributed by atoms with Crippen LogP contribution in [-0.4, -0.2) is 43.8 Å². The van der Waals surface area contributed by atoms with Crippen LogP contribution in [0.2, 0.25) is 0 Å². The number of unbranched alkanes of at least 4 members (excludes halogenated alkanes) is 1. The van der Waals surface area contributed by atoms with Crippen LogP contribution in [0.1, 0.15) is 107 Å². The summed E-state index contributed by atoms with van der Waals surface area (Å²) in [5.74, 6) is 0.740. The number of amides is 1. The lowest BCUT2D eigenvalue weighted by molar-refractivity contribution is -0.158. The molecule has 0 fully saturated rings. The van der Waals surface area contributed by atoms with Crippen molar-refractivity contribution in [3.05, 3.63) is 24.3 Å². The fraction of sp³-hybridized carbons (Fsp3) is 0.806. The fourth-order valence-electron chi connectivity index (χ4n) is 4.30. The van der Waals surface area contributed by atoms with Crippen molar-refractivity contribution in [3.8, 4) is 0 Å². The molecule has 210 valence electrons. The van der Waals surface area contributed by atoms with E-state index in [9.17, 15) is 9.59 Å². The highest BCUT2D eigenvalue weighted by Crippen LogP contribution is 2.38. The summed E-state index contributed by atoms with van der Waals surface area (Å²) in [5.41, 5.74) is -0.523. The maximum atomic E-state index is 12.9. The van der Waals surface area contributed by atoms with Crippen molar-refractivity contribution in [1.29, 1.82) is 0 Å². The van der Waals surface area contributed by atoms with Crippen molar-refractivity contribution in [3.63, 3.8) is 0 Å². The summed E-state index contributed by atoms with van der Waals surface area (Å²) in [6.45, 7) is 20.1. The predicted octanol–water partition coefficient (Wildman–Crippen LogP) is 8.44. The Morgan fingerprint density at radius 2 is 1.50 bits per heavy atom. The van der Waals surface area contributed by atoms with Crippen molar-refractivity contribution in [2.45, 2.75) is 107 Å². The van der Waals surface area contributed by atoms with E-state index >= 15 is 0 Å². The molecular weight excluding hydrogens is 450 g/mol. The van der Waals surface area contributed by atoms with E-state index in [1.54, 1.807) is 11.9 Å². The van der Waals surface area contributed by atoms with Crippen molar-refractivity contribution in [2.24, 2.45) is 28.6 Å². The summed E-state index contributed by atoms with van der Waals surface area (Å²) in [6, 6.07) is 0. The van der Waals surface area contributed by atoms with Gasteiger partial charge in [0.2, 0.25) is 0 Å². The SMILES string of the molecule is C/C=C\CCC(C)(C)CC(C)(C)C(=O)OCC(COC(=O)N(C)CCC/C=C\CCC(C)C)C(C)C. The number of allylic oxidation sites excluding steroid dienone is 4. The Balaban J connectivity index is 4.54. The summed E-state index contributed by atoms with van der Waals surface area (Å²) in [5, 5.41) is 0. The fourth-order valence-corrected chi connectivity index (χ4v) is 4.30. The second-order valence-electron chi connectivity index (χ2n) is 12.5. The first-order valence-electron chi connectivity index (χ1n) is 14.0. The Morgan fingerprint density at radius 1 is 0.889 bits per heavy atom. The van der Waals surface area contributed by atoms with Gasteiger partial charge < -0.3 is 14.4 Å². The zero-order chi connectivity index (χ0) is 27.8. The molecule has 36 heavy (non-hydrogen) atoms. The van der Waals surface area contributed by atoms with E-state index in [-0.39, 0.29) is 42.5 Å². The molecule has 0 aromatic rings. The van der Waals surface area contributed by atoms with Gasteiger partial charge in [0.1, 0.15) is 0 Å². The first-order chi connectivity index (χ1) is 16.7. The molecule has 0 rings (SSSR count). The minimum absolute atomic E-state index is 0.0336. The molecule has 0 aliphatic carbocycles. The highest BCUT2D eigenvalue weighted by molar-refractivity contribution is 5.76. The van der Waals surface area contributed by atoms with Gasteiger partial charge in [0.25, 0.3) is 0 Å². The Bertz CT molecular complexity index is 676. The molecule has 0 aliphatic heterocycles. The zero-order valence-electron chi connectivity index (χ0n) is 25.2. The molecule has 0 spiro atoms. The van der Waals surface area contributed by atoms with E-state index in [4.69, 9.17) is 9.47 Å². The van der Waals surface area contributed by atoms with Gasteiger partial charge >= 0.3 is 12.1 Å². The Hall–Kier alpha value is -1.78. The molecule has 0 aliphatic rings. The van der Waals surface area contributed by atoms with Crippen LogP contribution in [0.3, 0.4) is 0 Å². The lowest BCUT2D eigenvalue weighted by Gasteiger charge is -2.34. The number of carbonyl (C=O) groups is 2. The summed E-state index contributed by atoms with van der Waals surface area (Å²) in [7, 11) is 1.77. The summed E-state index contributed by atoms with van der Waals surface area (Å²) >= 11 is 0. The van der Waals surface area contributed by atoms with Crippen molar-refractivity contribution < 1.29 is 19.1 Å². The van der Waals surface area contributed by atoms with Gasteiger partial charge in [-0.05, 0) is 83.0 Å². The van der Waals surface area contributed by atoms with Crippen LogP contribution in [0.5, 0.6) is 0 Å². The van der Waals surface area contributed by atoms with E-state index in [1.807, 2.05) is 20.8 Å². The summed E-state index contributed by atoms with van der Waals surface area (Å²) in [4.78, 5) is 27.0. The van der Waals surface area contributed by atoms with Crippen molar-refractivity contribution in [1.82, 2.24) is 4.90 Å². The highest BCUT2D eigenvalue weighted by Gasteiger charge is 2.36. The third-order valence-corrected chi connectivity index (χ3v) is 6.74. The van der Waals surface area contributed by atoms with Gasteiger partial charge in [0.05, 0.1) is 18.6 Å². The number of hydrogen-bond donors (Lipinski definition) is 0. The molecule has 1 unspecified atom stereocenters. The number of rotatable bonds is 18. The molecule has 5 heteroatoms. The van der Waals surface area contributed by atoms with E-state index in [1.165, 1.54) is 6.42 Å². The first-order valence-corrected chi connectivity index (χ1v) is 14.0. The Kier molecular flexibility index (Phi) is 16.8. The number of hydrogen-bond acceptors (Lipinski definition) is 4. The van der Waals surface area contributed by atoms with Crippen LogP contribution in [0.15, 0.2) is 24.3 Å². The lowest BCUT2D eigenvalue weighted by atomic mass is 9.73. The van der Waals surface area contributed by atoms with Gasteiger partial charge in [-0.1, -0.05) is 65.8 Å². The second kappa shape index (κ2) is 17.6. The average molecular weight is 508 g/mol. The Labute approximate surface area is 223 Å². The molecule has 0 radical (unpaired) electrons. The molecule has 1 amide bonds. The lowest BCUT2D eigenvalue weighted by Crippen LogP contribution is -2.35. The molecule has 0 saturated heterocycles. The first kappa shape index (κ1) is 34.2. The minimum atomic E-state index is -0.568. The monoisotopic (exact) mass is 507 g/mol. The maximum Gasteiger partial charge on any atom is 0.409 e. The normalized spacial score (nSPS) is 13.7. The van der Waals surface area contributed by atoms with Crippen LogP contribution >= 0.6 is 0 Å². The number of esters is 1. The predicted molar refractivity (Wildman–Crippen MR) is 152 cm³/mol. The third-order valence-electron chi connectivity index (χ3n) is 6.74. The van der Waals surface area contributed by atoms with Crippen LogP contribution in [0, 0.1) is 28.6 Å². The number of carbonyl (C=O) groups excluding carboxylic acids is 2. The average Bonchev–Trinajstić information content (AvgIpc) is 2.76. The minimum Gasteiger partial charge on any atom is -0.465 e. The zero-order valence-corrected chi connectivity index (χ0v) is 25.2. The molecule has 1 atom stereocenters. The molecule has 0 N–H and O–H groups in total. The van der Waals surface area contributed by atoms with E-state index in [2.05, 4.69) is 65.8 Å². The third kappa shape index (κ3) is 16.1. The van der Waals surface area contributed by atoms with E-state index in [0.717, 1.165) is 44.4 Å². The number of ether oxygens (including phenoxy) is 2. The molecule has 0 aromatic heterocycles. The van der Waals surface area contributed by atoms with Crippen molar-refractivity contribution >= 4 is 12.1 Å². The maximum absolute atomic E-state index is 12.9. The quantitative estimate of drug-likeness (QED) is 0.106. The Morgan fingerprint density at radius 3 is 2.08 bits per heavy atom. The van der Waals surface area contributed by atoms with Gasteiger partial charge in [-0.2, -0.15) is 0 Å². The van der Waals surface area contributed by atoms with Gasteiger partial charge in [-0.25, -0.2) is 4.79 Å². The molecule has 0 bridgehead atoms. The van der Waals surface area contributed by atoms with E-state index < -0.39 is 5.41 Å². The molecule has 0 saturated carbocycles. The highest BCUT2D eigenvalue weighted by atomic mass is 16.6. The molecule has 5 nitrogen and oxygen atoms in total. The van der Waals surface area contributed by atoms with Crippen LogP contribution in [0.4, 0.5) is 4.79 Å². The van der Waals surface area contributed by atoms with Crippen LogP contribution < -0.4 is 0 Å². The standard InChI is InChI=1S/C31H57NO4/c1-11-12-17-20-30(6,7)24-31(8,9)28(33)35-22-27(26(4)5)23-36-29(34)32(10)21-18-15-13-14-16-19-25(2)3/h11-14,25-27H,15-24H2,1-10H3/b12-11-,14-13-. The van der Waals surface area contributed by atoms with Crippen LogP contribution in [-0.2, 0) is 14.3 Å². The van der Waals surface area contributed by atoms with Crippen LogP contribution in [0.25, 0.3) is 0 Å². The van der Waals surface area contributed by atoms with Gasteiger partial charge in [0.15, 0.2) is 0 Å².